The van der Waals surface area contributed by atoms with Gasteiger partial charge in [0.05, 0.1) is 11.9 Å². The van der Waals surface area contributed by atoms with Gasteiger partial charge in [0.2, 0.25) is 10.0 Å². The summed E-state index contributed by atoms with van der Waals surface area (Å²) in [5, 5.41) is 4.13. The van der Waals surface area contributed by atoms with Gasteiger partial charge in [-0.05, 0) is 48.9 Å². The van der Waals surface area contributed by atoms with Crippen LogP contribution in [0.5, 0.6) is 0 Å². The first-order valence-electron chi connectivity index (χ1n) is 8.60. The van der Waals surface area contributed by atoms with Crippen LogP contribution < -0.4 is 9.62 Å². The van der Waals surface area contributed by atoms with E-state index < -0.39 is 10.0 Å². The van der Waals surface area contributed by atoms with Crippen molar-refractivity contribution in [2.24, 2.45) is 0 Å². The number of nitrogens with one attached hydrogen (secondary N) is 1. The fourth-order valence-electron chi connectivity index (χ4n) is 2.57. The Labute approximate surface area is 180 Å². The Hall–Kier alpha value is -1.41. The summed E-state index contributed by atoms with van der Waals surface area (Å²) in [5.41, 5.74) is 1.91. The molecule has 0 heterocycles. The first-order chi connectivity index (χ1) is 13.2. The van der Waals surface area contributed by atoms with Gasteiger partial charge in [0.15, 0.2) is 0 Å². The number of hydrogen-bond donors (Lipinski definition) is 1. The molecule has 28 heavy (non-hydrogen) atoms. The quantitative estimate of drug-likeness (QED) is 0.561. The average Bonchev–Trinajstić information content (AvgIpc) is 2.63. The molecule has 0 saturated carbocycles. The fourth-order valence-corrected chi connectivity index (χ4v) is 5.14. The van der Waals surface area contributed by atoms with Gasteiger partial charge >= 0.3 is 0 Å². The molecular weight excluding hydrogens is 439 g/mol. The van der Waals surface area contributed by atoms with Crippen molar-refractivity contribution in [2.45, 2.75) is 12.7 Å². The Morgan fingerprint density at radius 2 is 1.71 bits per heavy atom. The Morgan fingerprint density at radius 1 is 1.11 bits per heavy atom. The lowest BCUT2D eigenvalue weighted by atomic mass is 10.2. The number of carbonyl (C=O) groups is 1. The highest BCUT2D eigenvalue weighted by atomic mass is 35.5. The summed E-state index contributed by atoms with van der Waals surface area (Å²) in [6.07, 6.45) is 1.16. The minimum atomic E-state index is -3.34. The van der Waals surface area contributed by atoms with Crippen molar-refractivity contribution < 1.29 is 13.2 Å². The Morgan fingerprint density at radius 3 is 2.25 bits per heavy atom. The van der Waals surface area contributed by atoms with Crippen molar-refractivity contribution in [2.75, 3.05) is 29.4 Å². The maximum atomic E-state index is 12.2. The maximum absolute atomic E-state index is 12.2. The molecule has 2 aromatic rings. The van der Waals surface area contributed by atoms with Crippen LogP contribution in [0.4, 0.5) is 5.69 Å². The molecule has 0 unspecified atom stereocenters. The maximum Gasteiger partial charge on any atom is 0.251 e. The molecule has 0 aliphatic carbocycles. The van der Waals surface area contributed by atoms with Crippen LogP contribution in [0.2, 0.25) is 10.0 Å². The van der Waals surface area contributed by atoms with E-state index in [0.29, 0.717) is 45.9 Å². The highest BCUT2D eigenvalue weighted by molar-refractivity contribution is 7.98. The topological polar surface area (TPSA) is 66.5 Å². The lowest BCUT2D eigenvalue weighted by Gasteiger charge is -2.20. The molecule has 0 bridgehead atoms. The summed E-state index contributed by atoms with van der Waals surface area (Å²) >= 11 is 13.9. The van der Waals surface area contributed by atoms with Crippen LogP contribution >= 0.6 is 35.0 Å². The van der Waals surface area contributed by atoms with E-state index in [0.717, 1.165) is 11.8 Å². The summed E-state index contributed by atoms with van der Waals surface area (Å²) < 4.78 is 24.8. The van der Waals surface area contributed by atoms with Crippen LogP contribution in [0.25, 0.3) is 0 Å². The Kier molecular flexibility index (Phi) is 8.49. The number of nitrogens with zero attached hydrogens (tertiary/aromatic N) is 1. The van der Waals surface area contributed by atoms with Gasteiger partial charge in [-0.1, -0.05) is 29.3 Å². The zero-order valence-corrected chi connectivity index (χ0v) is 18.8. The number of amides is 1. The van der Waals surface area contributed by atoms with Crippen molar-refractivity contribution in [1.82, 2.24) is 5.32 Å². The number of sulfonamides is 1. The van der Waals surface area contributed by atoms with Gasteiger partial charge in [0, 0.05) is 40.2 Å². The van der Waals surface area contributed by atoms with E-state index in [2.05, 4.69) is 5.32 Å². The zero-order valence-electron chi connectivity index (χ0n) is 15.6. The predicted octanol–water partition coefficient (Wildman–Crippen LogP) is 4.44. The summed E-state index contributed by atoms with van der Waals surface area (Å²) in [5.74, 6) is 1.18. The van der Waals surface area contributed by atoms with E-state index in [1.807, 2.05) is 0 Å². The van der Waals surface area contributed by atoms with Crippen LogP contribution in [-0.4, -0.2) is 39.4 Å². The van der Waals surface area contributed by atoms with E-state index in [9.17, 15) is 13.2 Å². The molecule has 0 spiro atoms. The molecule has 0 aliphatic rings. The SMILES string of the molecule is CCN(c1ccc(C(=O)NCCSCc2c(Cl)cccc2Cl)cc1)S(C)(=O)=O. The normalized spacial score (nSPS) is 11.3. The first kappa shape index (κ1) is 22.9. The van der Waals surface area contributed by atoms with Crippen LogP contribution in [0.3, 0.4) is 0 Å². The molecular formula is C19H22Cl2N2O3S2. The summed E-state index contributed by atoms with van der Waals surface area (Å²) in [6, 6.07) is 11.9. The van der Waals surface area contributed by atoms with E-state index in [-0.39, 0.29) is 5.91 Å². The van der Waals surface area contributed by atoms with Crippen LogP contribution in [-0.2, 0) is 15.8 Å². The fraction of sp³-hybridized carbons (Fsp3) is 0.316. The minimum Gasteiger partial charge on any atom is -0.351 e. The van der Waals surface area contributed by atoms with Crippen molar-refractivity contribution in [1.29, 1.82) is 0 Å². The molecule has 152 valence electrons. The molecule has 0 radical (unpaired) electrons. The molecule has 5 nitrogen and oxygen atoms in total. The van der Waals surface area contributed by atoms with Gasteiger partial charge in [0.1, 0.15) is 0 Å². The molecule has 1 amide bonds. The summed E-state index contributed by atoms with van der Waals surface area (Å²) in [4.78, 5) is 12.2. The molecule has 0 aromatic heterocycles. The van der Waals surface area contributed by atoms with Gasteiger partial charge in [-0.3, -0.25) is 9.10 Å². The molecule has 2 aromatic carbocycles. The number of benzene rings is 2. The average molecular weight is 461 g/mol. The third kappa shape index (κ3) is 6.30. The lowest BCUT2D eigenvalue weighted by Crippen LogP contribution is -2.29. The molecule has 0 saturated heterocycles. The number of carbonyl (C=O) groups excluding carboxylic acids is 1. The van der Waals surface area contributed by atoms with Gasteiger partial charge in [0.25, 0.3) is 5.91 Å². The monoisotopic (exact) mass is 460 g/mol. The van der Waals surface area contributed by atoms with Gasteiger partial charge in [-0.15, -0.1) is 0 Å². The van der Waals surface area contributed by atoms with Gasteiger partial charge < -0.3 is 5.32 Å². The number of anilines is 1. The van der Waals surface area contributed by atoms with Crippen molar-refractivity contribution in [3.05, 3.63) is 63.6 Å². The summed E-state index contributed by atoms with van der Waals surface area (Å²) in [7, 11) is -3.34. The summed E-state index contributed by atoms with van der Waals surface area (Å²) in [6.45, 7) is 2.59. The number of thioether (sulfide) groups is 1. The van der Waals surface area contributed by atoms with E-state index in [1.165, 1.54) is 4.31 Å². The lowest BCUT2D eigenvalue weighted by molar-refractivity contribution is 0.0956. The second-order valence-corrected chi connectivity index (χ2v) is 9.81. The molecule has 1 N–H and O–H groups in total. The standard InChI is InChI=1S/C19H22Cl2N2O3S2/c1-3-23(28(2,25)26)15-9-7-14(8-10-15)19(24)22-11-12-27-13-16-17(20)5-4-6-18(16)21/h4-10H,3,11-13H2,1-2H3,(H,22,24). The van der Waals surface area contributed by atoms with Gasteiger partial charge in [-0.25, -0.2) is 8.42 Å². The van der Waals surface area contributed by atoms with E-state index in [1.54, 1.807) is 61.2 Å². The number of hydrogen-bond acceptors (Lipinski definition) is 4. The molecule has 0 fully saturated rings. The number of rotatable bonds is 9. The second-order valence-electron chi connectivity index (χ2n) is 5.98. The first-order valence-corrected chi connectivity index (χ1v) is 12.4. The largest absolute Gasteiger partial charge is 0.351 e. The highest BCUT2D eigenvalue weighted by Crippen LogP contribution is 2.28. The molecule has 2 rings (SSSR count). The van der Waals surface area contributed by atoms with Gasteiger partial charge in [-0.2, -0.15) is 11.8 Å². The predicted molar refractivity (Wildman–Crippen MR) is 119 cm³/mol. The highest BCUT2D eigenvalue weighted by Gasteiger charge is 2.15. The van der Waals surface area contributed by atoms with Crippen molar-refractivity contribution in [3.63, 3.8) is 0 Å². The van der Waals surface area contributed by atoms with E-state index in [4.69, 9.17) is 23.2 Å². The second kappa shape index (κ2) is 10.4. The van der Waals surface area contributed by atoms with Crippen molar-refractivity contribution in [3.8, 4) is 0 Å². The van der Waals surface area contributed by atoms with Crippen LogP contribution in [0.15, 0.2) is 42.5 Å². The third-order valence-electron chi connectivity index (χ3n) is 3.95. The minimum absolute atomic E-state index is 0.203. The molecule has 0 atom stereocenters. The molecule has 0 aliphatic heterocycles. The number of halogens is 2. The van der Waals surface area contributed by atoms with Crippen LogP contribution in [0, 0.1) is 0 Å². The molecule has 9 heteroatoms. The Bertz CT molecular complexity index is 899. The zero-order chi connectivity index (χ0) is 20.7. The third-order valence-corrected chi connectivity index (χ3v) is 6.91. The van der Waals surface area contributed by atoms with Crippen molar-refractivity contribution >= 4 is 56.6 Å². The van der Waals surface area contributed by atoms with Crippen LogP contribution in [0.1, 0.15) is 22.8 Å². The van der Waals surface area contributed by atoms with E-state index >= 15 is 0 Å². The smallest absolute Gasteiger partial charge is 0.251 e. The Balaban J connectivity index is 1.83.